The zero-order valence-electron chi connectivity index (χ0n) is 5.58. The molecule has 0 radical (unpaired) electrons. The lowest BCUT2D eigenvalue weighted by Crippen LogP contribution is -2.14. The molecule has 64 valence electrons. The van der Waals surface area contributed by atoms with E-state index in [4.69, 9.17) is 5.84 Å². The molecular formula is C3H3N5O4. The van der Waals surface area contributed by atoms with E-state index in [-0.39, 0.29) is 0 Å². The van der Waals surface area contributed by atoms with Gasteiger partial charge >= 0.3 is 11.8 Å². The lowest BCUT2D eigenvalue weighted by Gasteiger charge is -1.94. The summed E-state index contributed by atoms with van der Waals surface area (Å²) < 4.78 is 0.306. The largest absolute Gasteiger partial charge is 0.460 e. The molecule has 0 spiro atoms. The van der Waals surface area contributed by atoms with Crippen LogP contribution in [-0.2, 0) is 0 Å². The standard InChI is InChI=1S/C3H3N5O4/c4-6-2(7(9)10)1-5-3(6)8(11)12/h1H,4H2. The molecule has 0 aliphatic rings. The number of aromatic nitrogens is 2. The van der Waals surface area contributed by atoms with Crippen molar-refractivity contribution < 1.29 is 9.85 Å². The van der Waals surface area contributed by atoms with Crippen LogP contribution < -0.4 is 5.84 Å². The number of nitrogens with two attached hydrogens (primary N) is 1. The van der Waals surface area contributed by atoms with Crippen LogP contribution in [0.5, 0.6) is 0 Å². The van der Waals surface area contributed by atoms with Gasteiger partial charge in [0.2, 0.25) is 0 Å². The Balaban J connectivity index is 3.22. The lowest BCUT2D eigenvalue weighted by molar-refractivity contribution is -0.406. The summed E-state index contributed by atoms with van der Waals surface area (Å²) in [5.74, 6) is 3.59. The fourth-order valence-electron chi connectivity index (χ4n) is 0.613. The van der Waals surface area contributed by atoms with Crippen LogP contribution in [-0.4, -0.2) is 19.5 Å². The molecule has 9 heteroatoms. The van der Waals surface area contributed by atoms with Gasteiger partial charge in [0.1, 0.15) is 0 Å². The Morgan fingerprint density at radius 1 is 1.42 bits per heavy atom. The zero-order chi connectivity index (χ0) is 9.30. The maximum Gasteiger partial charge on any atom is 0.460 e. The van der Waals surface area contributed by atoms with E-state index in [0.717, 1.165) is 6.20 Å². The number of hydrogen-bond donors (Lipinski definition) is 1. The SMILES string of the molecule is Nn1c([N+](=O)[O-])cnc1[N+](=O)[O-]. The predicted molar refractivity (Wildman–Crippen MR) is 35.7 cm³/mol. The van der Waals surface area contributed by atoms with E-state index < -0.39 is 21.6 Å². The van der Waals surface area contributed by atoms with Crippen molar-refractivity contribution in [2.24, 2.45) is 0 Å². The van der Waals surface area contributed by atoms with Crippen molar-refractivity contribution in [2.45, 2.75) is 0 Å². The van der Waals surface area contributed by atoms with Gasteiger partial charge in [0.15, 0.2) is 6.20 Å². The number of imidazole rings is 1. The van der Waals surface area contributed by atoms with E-state index in [2.05, 4.69) is 4.98 Å². The van der Waals surface area contributed by atoms with Crippen LogP contribution >= 0.6 is 0 Å². The smallest absolute Gasteiger partial charge is 0.390 e. The molecule has 1 heterocycles. The molecule has 1 rings (SSSR count). The maximum absolute atomic E-state index is 10.1. The van der Waals surface area contributed by atoms with Gasteiger partial charge in [-0.1, -0.05) is 9.66 Å². The Bertz CT molecular complexity index is 311. The monoisotopic (exact) mass is 173 g/mol. The van der Waals surface area contributed by atoms with Crippen molar-refractivity contribution in [2.75, 3.05) is 5.84 Å². The zero-order valence-corrected chi connectivity index (χ0v) is 5.58. The van der Waals surface area contributed by atoms with Crippen molar-refractivity contribution in [3.8, 4) is 0 Å². The molecule has 0 aliphatic carbocycles. The molecule has 0 unspecified atom stereocenters. The van der Waals surface area contributed by atoms with E-state index in [0.29, 0.717) is 4.68 Å². The molecule has 0 atom stereocenters. The van der Waals surface area contributed by atoms with E-state index >= 15 is 0 Å². The van der Waals surface area contributed by atoms with E-state index in [1.807, 2.05) is 0 Å². The maximum atomic E-state index is 10.1. The van der Waals surface area contributed by atoms with Crippen LogP contribution in [0.4, 0.5) is 11.8 Å². The molecule has 1 aromatic rings. The fraction of sp³-hybridized carbons (Fsp3) is 0. The summed E-state index contributed by atoms with van der Waals surface area (Å²) in [5.41, 5.74) is 0. The van der Waals surface area contributed by atoms with Crippen molar-refractivity contribution in [3.63, 3.8) is 0 Å². The Hall–Kier alpha value is -2.19. The summed E-state index contributed by atoms with van der Waals surface area (Å²) in [5, 5.41) is 20.2. The van der Waals surface area contributed by atoms with Gasteiger partial charge in [0, 0.05) is 0 Å². The summed E-state index contributed by atoms with van der Waals surface area (Å²) in [7, 11) is 0. The first-order chi connectivity index (χ1) is 5.54. The van der Waals surface area contributed by atoms with E-state index in [9.17, 15) is 20.2 Å². The van der Waals surface area contributed by atoms with Gasteiger partial charge < -0.3 is 20.2 Å². The lowest BCUT2D eigenvalue weighted by atomic mass is 10.8. The first-order valence-corrected chi connectivity index (χ1v) is 2.65. The summed E-state index contributed by atoms with van der Waals surface area (Å²) in [6.07, 6.45) is 0.720. The summed E-state index contributed by atoms with van der Waals surface area (Å²) in [4.78, 5) is 21.5. The molecule has 0 saturated heterocycles. The number of nitrogen functional groups attached to an aromatic ring is 1. The summed E-state index contributed by atoms with van der Waals surface area (Å²) in [6, 6.07) is 0. The first-order valence-electron chi connectivity index (χ1n) is 2.65. The normalized spacial score (nSPS) is 9.67. The van der Waals surface area contributed by atoms with Gasteiger partial charge in [-0.3, -0.25) is 5.84 Å². The van der Waals surface area contributed by atoms with Crippen molar-refractivity contribution in [3.05, 3.63) is 26.4 Å². The highest BCUT2D eigenvalue weighted by atomic mass is 16.6. The Morgan fingerprint density at radius 3 is 2.25 bits per heavy atom. The molecule has 2 N–H and O–H groups in total. The highest BCUT2D eigenvalue weighted by molar-refractivity contribution is 5.25. The van der Waals surface area contributed by atoms with Crippen LogP contribution in [0.15, 0.2) is 6.20 Å². The quantitative estimate of drug-likeness (QED) is 0.361. The van der Waals surface area contributed by atoms with Gasteiger partial charge in [-0.25, -0.2) is 0 Å². The second-order valence-electron chi connectivity index (χ2n) is 1.80. The van der Waals surface area contributed by atoms with Gasteiger partial charge in [-0.15, -0.1) is 0 Å². The van der Waals surface area contributed by atoms with Crippen molar-refractivity contribution >= 4 is 11.8 Å². The topological polar surface area (TPSA) is 130 Å². The Labute approximate surface area is 64.7 Å². The minimum atomic E-state index is -0.910. The predicted octanol–water partition coefficient (Wildman–Crippen LogP) is -0.587. The summed E-state index contributed by atoms with van der Waals surface area (Å²) in [6.45, 7) is 0. The van der Waals surface area contributed by atoms with E-state index in [1.54, 1.807) is 0 Å². The minimum Gasteiger partial charge on any atom is -0.390 e. The number of nitrogens with zero attached hydrogens (tertiary/aromatic N) is 4. The minimum absolute atomic E-state index is 0.306. The third kappa shape index (κ3) is 1.02. The van der Waals surface area contributed by atoms with Gasteiger partial charge in [-0.05, 0) is 9.85 Å². The molecule has 0 amide bonds. The molecule has 1 aromatic heterocycles. The number of hydrogen-bond acceptors (Lipinski definition) is 6. The average molecular weight is 173 g/mol. The van der Waals surface area contributed by atoms with Crippen LogP contribution in [0.3, 0.4) is 0 Å². The Morgan fingerprint density at radius 2 is 2.00 bits per heavy atom. The van der Waals surface area contributed by atoms with Gasteiger partial charge in [0.05, 0.1) is 0 Å². The van der Waals surface area contributed by atoms with Crippen molar-refractivity contribution in [1.29, 1.82) is 0 Å². The van der Waals surface area contributed by atoms with E-state index in [1.165, 1.54) is 0 Å². The second kappa shape index (κ2) is 2.45. The highest BCUT2D eigenvalue weighted by Gasteiger charge is 2.22. The van der Waals surface area contributed by atoms with Crippen LogP contribution in [0.1, 0.15) is 0 Å². The molecule has 9 nitrogen and oxygen atoms in total. The van der Waals surface area contributed by atoms with Crippen molar-refractivity contribution in [1.82, 2.24) is 9.66 Å². The van der Waals surface area contributed by atoms with Crippen LogP contribution in [0.25, 0.3) is 0 Å². The van der Waals surface area contributed by atoms with Crippen LogP contribution in [0.2, 0.25) is 0 Å². The number of nitro groups is 2. The Kier molecular flexibility index (Phi) is 1.62. The van der Waals surface area contributed by atoms with Crippen LogP contribution in [0, 0.1) is 20.2 Å². The third-order valence-corrected chi connectivity index (χ3v) is 1.11. The second-order valence-corrected chi connectivity index (χ2v) is 1.80. The summed E-state index contributed by atoms with van der Waals surface area (Å²) >= 11 is 0. The molecule has 0 saturated carbocycles. The molecular weight excluding hydrogens is 170 g/mol. The molecule has 0 aliphatic heterocycles. The number of rotatable bonds is 2. The molecule has 0 aromatic carbocycles. The first kappa shape index (κ1) is 7.91. The molecule has 12 heavy (non-hydrogen) atoms. The third-order valence-electron chi connectivity index (χ3n) is 1.11. The fourth-order valence-corrected chi connectivity index (χ4v) is 0.613. The average Bonchev–Trinajstić information content (AvgIpc) is 2.30. The molecule has 0 bridgehead atoms. The highest BCUT2D eigenvalue weighted by Crippen LogP contribution is 2.14. The van der Waals surface area contributed by atoms with Gasteiger partial charge in [-0.2, -0.15) is 0 Å². The van der Waals surface area contributed by atoms with Gasteiger partial charge in [0.25, 0.3) is 0 Å². The molecule has 0 fully saturated rings.